The molecule has 2 nitrogen and oxygen atoms in total. The molecule has 16 heavy (non-hydrogen) atoms. The van der Waals surface area contributed by atoms with E-state index >= 15 is 0 Å². The molecule has 1 aromatic carbocycles. The van der Waals surface area contributed by atoms with Crippen molar-refractivity contribution in [2.24, 2.45) is 0 Å². The van der Waals surface area contributed by atoms with E-state index in [2.05, 4.69) is 30.4 Å². The van der Waals surface area contributed by atoms with E-state index < -0.39 is 0 Å². The molecule has 1 N–H and O–H groups in total. The van der Waals surface area contributed by atoms with E-state index in [1.54, 1.807) is 0 Å². The Kier molecular flexibility index (Phi) is 2.06. The van der Waals surface area contributed by atoms with Crippen LogP contribution in [0.2, 0.25) is 0 Å². The summed E-state index contributed by atoms with van der Waals surface area (Å²) in [7, 11) is 0. The van der Waals surface area contributed by atoms with Crippen LogP contribution >= 0.6 is 0 Å². The van der Waals surface area contributed by atoms with Crippen molar-refractivity contribution in [1.29, 1.82) is 0 Å². The fourth-order valence-electron chi connectivity index (χ4n) is 3.27. The molecule has 0 saturated carbocycles. The van der Waals surface area contributed by atoms with Gasteiger partial charge in [-0.2, -0.15) is 0 Å². The van der Waals surface area contributed by atoms with Crippen molar-refractivity contribution >= 4 is 5.91 Å². The van der Waals surface area contributed by atoms with Crippen LogP contribution in [0, 0.1) is 6.92 Å². The van der Waals surface area contributed by atoms with Crippen LogP contribution < -0.4 is 5.32 Å². The van der Waals surface area contributed by atoms with E-state index in [1.165, 1.54) is 29.5 Å². The molecule has 1 unspecified atom stereocenters. The molecule has 2 heteroatoms. The van der Waals surface area contributed by atoms with E-state index in [-0.39, 0.29) is 11.3 Å². The van der Waals surface area contributed by atoms with Crippen molar-refractivity contribution in [2.75, 3.05) is 6.54 Å². The summed E-state index contributed by atoms with van der Waals surface area (Å²) in [6.07, 6.45) is 4.09. The van der Waals surface area contributed by atoms with Crippen LogP contribution in [0.5, 0.6) is 0 Å². The minimum absolute atomic E-state index is 0.215. The molecule has 0 bridgehead atoms. The van der Waals surface area contributed by atoms with Gasteiger partial charge in [-0.15, -0.1) is 0 Å². The molecule has 0 radical (unpaired) electrons. The van der Waals surface area contributed by atoms with Gasteiger partial charge in [0.2, 0.25) is 5.91 Å². The second-order valence-corrected chi connectivity index (χ2v) is 5.16. The van der Waals surface area contributed by atoms with Gasteiger partial charge in [0.15, 0.2) is 0 Å². The van der Waals surface area contributed by atoms with Crippen LogP contribution in [0.3, 0.4) is 0 Å². The summed E-state index contributed by atoms with van der Waals surface area (Å²) >= 11 is 0. The number of aryl methyl sites for hydroxylation is 1. The highest BCUT2D eigenvalue weighted by atomic mass is 16.1. The Balaban J connectivity index is 2.02. The number of hydrogen-bond acceptors (Lipinski definition) is 1. The molecule has 1 aliphatic heterocycles. The molecule has 1 spiro atoms. The summed E-state index contributed by atoms with van der Waals surface area (Å²) in [5, 5.41) is 3.04. The minimum atomic E-state index is 0.215. The van der Waals surface area contributed by atoms with Crippen molar-refractivity contribution in [2.45, 2.75) is 38.0 Å². The molecule has 1 amide bonds. The van der Waals surface area contributed by atoms with Gasteiger partial charge in [0.05, 0.1) is 0 Å². The first kappa shape index (κ1) is 9.88. The van der Waals surface area contributed by atoms with Gasteiger partial charge in [0.25, 0.3) is 0 Å². The zero-order chi connectivity index (χ0) is 11.2. The van der Waals surface area contributed by atoms with Crippen LogP contribution in [-0.4, -0.2) is 12.5 Å². The van der Waals surface area contributed by atoms with E-state index in [0.717, 1.165) is 13.0 Å². The topological polar surface area (TPSA) is 29.1 Å². The Morgan fingerprint density at radius 1 is 1.25 bits per heavy atom. The van der Waals surface area contributed by atoms with Crippen molar-refractivity contribution in [3.05, 3.63) is 34.9 Å². The van der Waals surface area contributed by atoms with E-state index in [4.69, 9.17) is 0 Å². The molecular formula is C14H17NO. The smallest absolute Gasteiger partial charge is 0.220 e. The number of amides is 1. The lowest BCUT2D eigenvalue weighted by molar-refractivity contribution is -0.123. The fourth-order valence-corrected chi connectivity index (χ4v) is 3.27. The van der Waals surface area contributed by atoms with Crippen molar-refractivity contribution in [3.8, 4) is 0 Å². The van der Waals surface area contributed by atoms with Gasteiger partial charge < -0.3 is 5.32 Å². The van der Waals surface area contributed by atoms with Gasteiger partial charge in [-0.1, -0.05) is 18.2 Å². The quantitative estimate of drug-likeness (QED) is 0.705. The predicted octanol–water partition coefficient (Wildman–Crippen LogP) is 2.09. The zero-order valence-corrected chi connectivity index (χ0v) is 9.68. The third kappa shape index (κ3) is 1.29. The molecule has 1 aliphatic carbocycles. The van der Waals surface area contributed by atoms with Crippen molar-refractivity contribution in [1.82, 2.24) is 5.32 Å². The first-order chi connectivity index (χ1) is 7.71. The standard InChI is InChI=1S/C14H17NO/c1-10-3-2-4-12-11(10)5-7-14(12)8-6-13(16)15-9-14/h2-4H,5-9H2,1H3,(H,15,16). The number of fused-ring (bicyclic) bond motifs is 2. The number of rotatable bonds is 0. The summed E-state index contributed by atoms with van der Waals surface area (Å²) < 4.78 is 0. The maximum absolute atomic E-state index is 11.3. The lowest BCUT2D eigenvalue weighted by atomic mass is 9.75. The number of hydrogen-bond donors (Lipinski definition) is 1. The highest BCUT2D eigenvalue weighted by Crippen LogP contribution is 2.44. The van der Waals surface area contributed by atoms with Crippen LogP contribution in [-0.2, 0) is 16.6 Å². The lowest BCUT2D eigenvalue weighted by Gasteiger charge is -2.34. The maximum atomic E-state index is 11.3. The number of benzene rings is 1. The number of piperidine rings is 1. The summed E-state index contributed by atoms with van der Waals surface area (Å²) in [6, 6.07) is 6.60. The van der Waals surface area contributed by atoms with E-state index in [0.29, 0.717) is 6.42 Å². The molecule has 1 heterocycles. The SMILES string of the molecule is Cc1cccc2c1CCC21CCC(=O)NC1. The van der Waals surface area contributed by atoms with Crippen LogP contribution in [0.4, 0.5) is 0 Å². The second-order valence-electron chi connectivity index (χ2n) is 5.16. The monoisotopic (exact) mass is 215 g/mol. The van der Waals surface area contributed by atoms with Crippen LogP contribution in [0.25, 0.3) is 0 Å². The van der Waals surface area contributed by atoms with Gasteiger partial charge in [0, 0.05) is 18.4 Å². The van der Waals surface area contributed by atoms with Gasteiger partial charge >= 0.3 is 0 Å². The molecule has 1 atom stereocenters. The molecule has 1 saturated heterocycles. The summed E-state index contributed by atoms with van der Waals surface area (Å²) in [4.78, 5) is 11.3. The first-order valence-corrected chi connectivity index (χ1v) is 6.07. The van der Waals surface area contributed by atoms with Gasteiger partial charge in [-0.3, -0.25) is 4.79 Å². The molecule has 2 aliphatic rings. The molecule has 1 aromatic rings. The normalized spacial score (nSPS) is 27.9. The number of carbonyl (C=O) groups excluding carboxylic acids is 1. The fraction of sp³-hybridized carbons (Fsp3) is 0.500. The third-order valence-electron chi connectivity index (χ3n) is 4.29. The average molecular weight is 215 g/mol. The Morgan fingerprint density at radius 3 is 2.81 bits per heavy atom. The number of carbonyl (C=O) groups is 1. The van der Waals surface area contributed by atoms with Crippen molar-refractivity contribution < 1.29 is 4.79 Å². The second kappa shape index (κ2) is 3.34. The highest BCUT2D eigenvalue weighted by molar-refractivity contribution is 5.77. The molecular weight excluding hydrogens is 198 g/mol. The van der Waals surface area contributed by atoms with Gasteiger partial charge in [-0.05, 0) is 42.9 Å². The lowest BCUT2D eigenvalue weighted by Crippen LogP contribution is -2.44. The largest absolute Gasteiger partial charge is 0.355 e. The van der Waals surface area contributed by atoms with Crippen LogP contribution in [0.1, 0.15) is 36.0 Å². The third-order valence-corrected chi connectivity index (χ3v) is 4.29. The first-order valence-electron chi connectivity index (χ1n) is 6.07. The van der Waals surface area contributed by atoms with Crippen molar-refractivity contribution in [3.63, 3.8) is 0 Å². The Labute approximate surface area is 96.1 Å². The van der Waals surface area contributed by atoms with E-state index in [9.17, 15) is 4.79 Å². The highest BCUT2D eigenvalue weighted by Gasteiger charge is 2.41. The molecule has 1 fully saturated rings. The van der Waals surface area contributed by atoms with Crippen LogP contribution in [0.15, 0.2) is 18.2 Å². The predicted molar refractivity (Wildman–Crippen MR) is 63.4 cm³/mol. The number of nitrogens with one attached hydrogen (secondary N) is 1. The Hall–Kier alpha value is -1.31. The van der Waals surface area contributed by atoms with Gasteiger partial charge in [-0.25, -0.2) is 0 Å². The average Bonchev–Trinajstić information content (AvgIpc) is 2.64. The molecule has 84 valence electrons. The minimum Gasteiger partial charge on any atom is -0.355 e. The summed E-state index contributed by atoms with van der Waals surface area (Å²) in [5.74, 6) is 0.215. The summed E-state index contributed by atoms with van der Waals surface area (Å²) in [5.41, 5.74) is 4.67. The Morgan fingerprint density at radius 2 is 2.06 bits per heavy atom. The maximum Gasteiger partial charge on any atom is 0.220 e. The molecule has 3 rings (SSSR count). The zero-order valence-electron chi connectivity index (χ0n) is 9.68. The summed E-state index contributed by atoms with van der Waals surface area (Å²) in [6.45, 7) is 3.03. The Bertz CT molecular complexity index is 440. The van der Waals surface area contributed by atoms with Gasteiger partial charge in [0.1, 0.15) is 0 Å². The van der Waals surface area contributed by atoms with E-state index in [1.807, 2.05) is 0 Å². The molecule has 0 aromatic heterocycles.